The predicted octanol–water partition coefficient (Wildman–Crippen LogP) is 5.28. The maximum absolute atomic E-state index is 6.02. The molecule has 1 aromatic carbocycles. The fourth-order valence-electron chi connectivity index (χ4n) is 1.59. The van der Waals surface area contributed by atoms with Crippen molar-refractivity contribution in [3.8, 4) is 10.8 Å². The molecule has 100 valence electrons. The molecule has 0 bridgehead atoms. The highest BCUT2D eigenvalue weighted by atomic mass is 35.5. The van der Waals surface area contributed by atoms with Crippen LogP contribution in [0.5, 0.6) is 0 Å². The number of nitrogens with zero attached hydrogens (tertiary/aromatic N) is 2. The Hall–Kier alpha value is -1.62. The summed E-state index contributed by atoms with van der Waals surface area (Å²) in [6, 6.07) is 9.28. The molecule has 0 spiro atoms. The topological polar surface area (TPSA) is 38.9 Å². The Balaban J connectivity index is 1.81. The van der Waals surface area contributed by atoms with Crippen molar-refractivity contribution in [1.82, 2.24) is 10.1 Å². The monoisotopic (exact) mass is 322 g/mol. The van der Waals surface area contributed by atoms with Crippen LogP contribution in [0.15, 0.2) is 40.2 Å². The van der Waals surface area contributed by atoms with E-state index in [-0.39, 0.29) is 0 Å². The summed E-state index contributed by atoms with van der Waals surface area (Å²) in [6.45, 7) is 0. The Kier molecular flexibility index (Phi) is 3.87. The fourth-order valence-corrected chi connectivity index (χ4v) is 2.77. The molecule has 0 saturated heterocycles. The first-order valence-electron chi connectivity index (χ1n) is 5.73. The van der Waals surface area contributed by atoms with E-state index < -0.39 is 0 Å². The second-order valence-electron chi connectivity index (χ2n) is 3.94. The second-order valence-corrected chi connectivity index (χ2v) is 5.70. The lowest BCUT2D eigenvalue weighted by atomic mass is 10.2. The average molecular weight is 323 g/mol. The van der Waals surface area contributed by atoms with Crippen LogP contribution in [0.3, 0.4) is 0 Å². The molecule has 3 rings (SSSR count). The largest absolute Gasteiger partial charge is 0.333 e. The lowest BCUT2D eigenvalue weighted by Crippen LogP contribution is -1.76. The molecule has 0 amide bonds. The molecule has 2 heterocycles. The van der Waals surface area contributed by atoms with Crippen LogP contribution in [0, 0.1) is 0 Å². The van der Waals surface area contributed by atoms with E-state index in [0.29, 0.717) is 21.8 Å². The molecule has 0 aliphatic carbocycles. The summed E-state index contributed by atoms with van der Waals surface area (Å²) in [5.41, 5.74) is 1.01. The van der Waals surface area contributed by atoms with Crippen LogP contribution < -0.4 is 0 Å². The summed E-state index contributed by atoms with van der Waals surface area (Å²) in [6.07, 6.45) is 3.67. The molecule has 0 aliphatic heterocycles. The van der Waals surface area contributed by atoms with Gasteiger partial charge in [0.25, 0.3) is 5.89 Å². The van der Waals surface area contributed by atoms with Crippen molar-refractivity contribution in [2.24, 2.45) is 0 Å². The van der Waals surface area contributed by atoms with Crippen LogP contribution in [-0.2, 0) is 0 Å². The highest BCUT2D eigenvalue weighted by molar-refractivity contribution is 7.14. The van der Waals surface area contributed by atoms with Gasteiger partial charge in [0.15, 0.2) is 5.82 Å². The Morgan fingerprint density at radius 3 is 2.55 bits per heavy atom. The van der Waals surface area contributed by atoms with Gasteiger partial charge in [0.05, 0.1) is 5.02 Å². The summed E-state index contributed by atoms with van der Waals surface area (Å²) in [4.78, 5) is 5.06. The molecule has 3 nitrogen and oxygen atoms in total. The van der Waals surface area contributed by atoms with Gasteiger partial charge >= 0.3 is 0 Å². The smallest absolute Gasteiger partial charge is 0.269 e. The van der Waals surface area contributed by atoms with Crippen molar-refractivity contribution < 1.29 is 4.52 Å². The average Bonchev–Trinajstić information content (AvgIpc) is 3.06. The number of aromatic nitrogens is 2. The maximum Gasteiger partial charge on any atom is 0.269 e. The van der Waals surface area contributed by atoms with Gasteiger partial charge in [0.2, 0.25) is 0 Å². The van der Waals surface area contributed by atoms with Gasteiger partial charge in [-0.15, -0.1) is 11.3 Å². The quantitative estimate of drug-likeness (QED) is 0.658. The van der Waals surface area contributed by atoms with Gasteiger partial charge in [-0.25, -0.2) is 0 Å². The Morgan fingerprint density at radius 1 is 1.05 bits per heavy atom. The summed E-state index contributed by atoms with van der Waals surface area (Å²) in [5, 5.41) is 7.10. The lowest BCUT2D eigenvalue weighted by Gasteiger charge is -1.91. The third kappa shape index (κ3) is 2.93. The molecule has 2 aromatic heterocycles. The standard InChI is InChI=1S/C14H8Cl2N2OS/c15-10-4-1-9(2-5-10)3-6-12-17-14(19-18-12)13-11(16)7-8-20-13/h1-8H/b6-3+. The Bertz CT molecular complexity index is 747. The first-order valence-corrected chi connectivity index (χ1v) is 7.36. The molecule has 3 aromatic rings. The minimum Gasteiger partial charge on any atom is -0.333 e. The minimum atomic E-state index is 0.431. The highest BCUT2D eigenvalue weighted by Gasteiger charge is 2.12. The van der Waals surface area contributed by atoms with Crippen LogP contribution in [0.1, 0.15) is 11.4 Å². The van der Waals surface area contributed by atoms with Crippen LogP contribution in [0.4, 0.5) is 0 Å². The third-order valence-corrected chi connectivity index (χ3v) is 4.13. The zero-order valence-electron chi connectivity index (χ0n) is 10.1. The van der Waals surface area contributed by atoms with Gasteiger partial charge in [-0.05, 0) is 35.2 Å². The second kappa shape index (κ2) is 5.79. The molecule has 0 atom stereocenters. The van der Waals surface area contributed by atoms with Crippen molar-refractivity contribution in [2.75, 3.05) is 0 Å². The molecule has 6 heteroatoms. The molecule has 0 radical (unpaired) electrons. The van der Waals surface area contributed by atoms with E-state index in [1.165, 1.54) is 11.3 Å². The van der Waals surface area contributed by atoms with Gasteiger partial charge in [0, 0.05) is 5.02 Å². The lowest BCUT2D eigenvalue weighted by molar-refractivity contribution is 0.429. The van der Waals surface area contributed by atoms with Crippen molar-refractivity contribution in [3.05, 3.63) is 57.1 Å². The molecule has 0 unspecified atom stereocenters. The number of thiophene rings is 1. The molecular weight excluding hydrogens is 315 g/mol. The van der Waals surface area contributed by atoms with Crippen LogP contribution in [0.2, 0.25) is 10.0 Å². The molecule has 20 heavy (non-hydrogen) atoms. The highest BCUT2D eigenvalue weighted by Crippen LogP contribution is 2.31. The zero-order chi connectivity index (χ0) is 13.9. The van der Waals surface area contributed by atoms with E-state index in [1.54, 1.807) is 12.1 Å². The van der Waals surface area contributed by atoms with Gasteiger partial charge in [0.1, 0.15) is 4.88 Å². The number of benzene rings is 1. The normalized spacial score (nSPS) is 11.3. The number of hydrogen-bond acceptors (Lipinski definition) is 4. The number of rotatable bonds is 3. The van der Waals surface area contributed by atoms with E-state index in [2.05, 4.69) is 10.1 Å². The summed E-state index contributed by atoms with van der Waals surface area (Å²) in [5.74, 6) is 0.931. The molecule has 0 fully saturated rings. The van der Waals surface area contributed by atoms with E-state index in [4.69, 9.17) is 27.7 Å². The van der Waals surface area contributed by atoms with Crippen molar-refractivity contribution >= 4 is 46.7 Å². The van der Waals surface area contributed by atoms with Crippen LogP contribution in [-0.4, -0.2) is 10.1 Å². The van der Waals surface area contributed by atoms with E-state index in [9.17, 15) is 0 Å². The first-order chi connectivity index (χ1) is 9.72. The molecule has 0 aliphatic rings. The van der Waals surface area contributed by atoms with Gasteiger partial charge in [-0.2, -0.15) is 4.98 Å². The first kappa shape index (κ1) is 13.4. The summed E-state index contributed by atoms with van der Waals surface area (Å²) in [7, 11) is 0. The number of halogens is 2. The van der Waals surface area contributed by atoms with E-state index >= 15 is 0 Å². The van der Waals surface area contributed by atoms with Crippen molar-refractivity contribution in [2.45, 2.75) is 0 Å². The van der Waals surface area contributed by atoms with Crippen molar-refractivity contribution in [1.29, 1.82) is 0 Å². The zero-order valence-corrected chi connectivity index (χ0v) is 12.4. The van der Waals surface area contributed by atoms with Gasteiger partial charge < -0.3 is 4.52 Å². The number of hydrogen-bond donors (Lipinski definition) is 0. The van der Waals surface area contributed by atoms with Crippen LogP contribution >= 0.6 is 34.5 Å². The molecule has 0 N–H and O–H groups in total. The maximum atomic E-state index is 6.02. The van der Waals surface area contributed by atoms with Crippen LogP contribution in [0.25, 0.3) is 22.9 Å². The van der Waals surface area contributed by atoms with E-state index in [0.717, 1.165) is 10.4 Å². The Labute approximate surface area is 129 Å². The van der Waals surface area contributed by atoms with Crippen molar-refractivity contribution in [3.63, 3.8) is 0 Å². The third-order valence-electron chi connectivity index (χ3n) is 2.55. The molecule has 0 saturated carbocycles. The van der Waals surface area contributed by atoms with Gasteiger partial charge in [-0.3, -0.25) is 0 Å². The predicted molar refractivity (Wildman–Crippen MR) is 83.0 cm³/mol. The molecular formula is C14H8Cl2N2OS. The van der Waals surface area contributed by atoms with E-state index in [1.807, 2.05) is 35.7 Å². The minimum absolute atomic E-state index is 0.431. The summed E-state index contributed by atoms with van der Waals surface area (Å²) >= 11 is 13.3. The van der Waals surface area contributed by atoms with Gasteiger partial charge in [-0.1, -0.05) is 46.6 Å². The Morgan fingerprint density at radius 2 is 1.85 bits per heavy atom. The SMILES string of the molecule is Clc1ccc(/C=C/c2noc(-c3sccc3Cl)n2)cc1. The fraction of sp³-hybridized carbons (Fsp3) is 0. The summed E-state index contributed by atoms with van der Waals surface area (Å²) < 4.78 is 5.19.